The van der Waals surface area contributed by atoms with Gasteiger partial charge in [0.1, 0.15) is 9.79 Å². The van der Waals surface area contributed by atoms with E-state index in [1.54, 1.807) is 12.1 Å². The molecular weight excluding hydrogens is 448 g/mol. The van der Waals surface area contributed by atoms with Crippen molar-refractivity contribution in [1.29, 1.82) is 0 Å². The highest BCUT2D eigenvalue weighted by atomic mass is 79.9. The van der Waals surface area contributed by atoms with Gasteiger partial charge in [-0.3, -0.25) is 0 Å². The first-order chi connectivity index (χ1) is 9.74. The van der Waals surface area contributed by atoms with Gasteiger partial charge in [-0.1, -0.05) is 24.3 Å². The third-order valence-electron chi connectivity index (χ3n) is 2.39. The Morgan fingerprint density at radius 3 is 1.33 bits per heavy atom. The summed E-state index contributed by atoms with van der Waals surface area (Å²) in [4.78, 5) is -0.527. The van der Waals surface area contributed by atoms with Crippen LogP contribution in [0.1, 0.15) is 0 Å². The molecule has 0 aromatic heterocycles. The SMILES string of the molecule is O=S(=O)(OS(=O)(=O)c1ccccc1Br)c1ccccc1Br. The number of hydrogen-bond donors (Lipinski definition) is 0. The smallest absolute Gasteiger partial charge is 0.193 e. The maximum absolute atomic E-state index is 12.1. The van der Waals surface area contributed by atoms with Crippen LogP contribution in [0.25, 0.3) is 0 Å². The standard InChI is InChI=1S/C12H8Br2O5S2/c13-9-5-1-3-7-11(9)20(15,16)19-21(17,18)12-8-4-2-6-10(12)14/h1-8H. The minimum Gasteiger partial charge on any atom is -0.193 e. The number of benzene rings is 2. The predicted molar refractivity (Wildman–Crippen MR) is 83.7 cm³/mol. The van der Waals surface area contributed by atoms with Crippen LogP contribution >= 0.6 is 31.9 Å². The summed E-state index contributed by atoms with van der Waals surface area (Å²) in [5.74, 6) is 0. The topological polar surface area (TPSA) is 77.5 Å². The molecule has 21 heavy (non-hydrogen) atoms. The second-order valence-corrected chi connectivity index (χ2v) is 8.79. The predicted octanol–water partition coefficient (Wildman–Crippen LogP) is 3.31. The molecule has 0 aliphatic rings. The van der Waals surface area contributed by atoms with Crippen molar-refractivity contribution in [3.63, 3.8) is 0 Å². The van der Waals surface area contributed by atoms with Crippen LogP contribution in [0.4, 0.5) is 0 Å². The molecular formula is C12H8Br2O5S2. The highest BCUT2D eigenvalue weighted by Gasteiger charge is 2.29. The lowest BCUT2D eigenvalue weighted by Crippen LogP contribution is -2.15. The summed E-state index contributed by atoms with van der Waals surface area (Å²) >= 11 is 6.09. The van der Waals surface area contributed by atoms with E-state index >= 15 is 0 Å². The van der Waals surface area contributed by atoms with Crippen LogP contribution in [-0.2, 0) is 23.9 Å². The number of hydrogen-bond acceptors (Lipinski definition) is 5. The second-order valence-electron chi connectivity index (χ2n) is 3.84. The van der Waals surface area contributed by atoms with Crippen molar-refractivity contribution in [2.45, 2.75) is 9.79 Å². The van der Waals surface area contributed by atoms with E-state index in [0.29, 0.717) is 0 Å². The normalized spacial score (nSPS) is 12.3. The Morgan fingerprint density at radius 2 is 1.00 bits per heavy atom. The van der Waals surface area contributed by atoms with Crippen LogP contribution < -0.4 is 0 Å². The molecule has 0 N–H and O–H groups in total. The molecule has 112 valence electrons. The van der Waals surface area contributed by atoms with E-state index < -0.39 is 20.2 Å². The number of rotatable bonds is 4. The molecule has 0 spiro atoms. The highest BCUT2D eigenvalue weighted by Crippen LogP contribution is 2.28. The zero-order valence-corrected chi connectivity index (χ0v) is 15.0. The molecule has 2 rings (SSSR count). The van der Waals surface area contributed by atoms with Gasteiger partial charge >= 0.3 is 20.2 Å². The first kappa shape index (κ1) is 16.6. The Kier molecular flexibility index (Phi) is 4.89. The van der Waals surface area contributed by atoms with Crippen molar-refractivity contribution < 1.29 is 20.5 Å². The first-order valence-electron chi connectivity index (χ1n) is 5.44. The first-order valence-corrected chi connectivity index (χ1v) is 9.84. The monoisotopic (exact) mass is 454 g/mol. The molecule has 0 heterocycles. The van der Waals surface area contributed by atoms with E-state index in [1.165, 1.54) is 36.4 Å². The van der Waals surface area contributed by atoms with Gasteiger partial charge in [0.2, 0.25) is 0 Å². The molecule has 0 radical (unpaired) electrons. The molecule has 0 aliphatic carbocycles. The lowest BCUT2D eigenvalue weighted by molar-refractivity contribution is 0.461. The zero-order chi connectivity index (χ0) is 15.7. The van der Waals surface area contributed by atoms with E-state index in [9.17, 15) is 16.8 Å². The molecule has 0 fully saturated rings. The zero-order valence-electron chi connectivity index (χ0n) is 10.2. The summed E-state index contributed by atoms with van der Waals surface area (Å²) in [6.07, 6.45) is 0. The molecule has 2 aromatic carbocycles. The Labute approximate surface area is 139 Å². The lowest BCUT2D eigenvalue weighted by atomic mass is 10.4. The van der Waals surface area contributed by atoms with Gasteiger partial charge in [0.15, 0.2) is 0 Å². The molecule has 0 bridgehead atoms. The molecule has 0 aliphatic heterocycles. The van der Waals surface area contributed by atoms with Crippen molar-refractivity contribution in [3.05, 3.63) is 57.5 Å². The fraction of sp³-hybridized carbons (Fsp3) is 0. The van der Waals surface area contributed by atoms with Crippen LogP contribution in [0.5, 0.6) is 0 Å². The average Bonchev–Trinajstić information content (AvgIpc) is 2.38. The Balaban J connectivity index is 2.46. The minimum atomic E-state index is -4.47. The van der Waals surface area contributed by atoms with Gasteiger partial charge < -0.3 is 0 Å². The van der Waals surface area contributed by atoms with Crippen LogP contribution in [0.2, 0.25) is 0 Å². The third kappa shape index (κ3) is 3.72. The molecule has 0 saturated heterocycles. The average molecular weight is 456 g/mol. The van der Waals surface area contributed by atoms with Gasteiger partial charge in [0.05, 0.1) is 0 Å². The van der Waals surface area contributed by atoms with E-state index in [1.807, 2.05) is 0 Å². The van der Waals surface area contributed by atoms with Crippen molar-refractivity contribution in [1.82, 2.24) is 0 Å². The summed E-state index contributed by atoms with van der Waals surface area (Å²) in [5, 5.41) is 0. The summed E-state index contributed by atoms with van der Waals surface area (Å²) < 4.78 is 53.3. The molecule has 5 nitrogen and oxygen atoms in total. The van der Waals surface area contributed by atoms with Crippen LogP contribution in [0.3, 0.4) is 0 Å². The van der Waals surface area contributed by atoms with E-state index in [4.69, 9.17) is 0 Å². The molecule has 2 aromatic rings. The fourth-order valence-electron chi connectivity index (χ4n) is 1.49. The maximum atomic E-state index is 12.1. The minimum absolute atomic E-state index is 0.215. The van der Waals surface area contributed by atoms with E-state index in [-0.39, 0.29) is 18.7 Å². The van der Waals surface area contributed by atoms with Gasteiger partial charge in [-0.15, -0.1) is 3.63 Å². The van der Waals surface area contributed by atoms with E-state index in [2.05, 4.69) is 35.5 Å². The lowest BCUT2D eigenvalue weighted by Gasteiger charge is -2.08. The summed E-state index contributed by atoms with van der Waals surface area (Å²) in [5.41, 5.74) is 0. The van der Waals surface area contributed by atoms with Gasteiger partial charge in [0.25, 0.3) is 0 Å². The molecule has 9 heteroatoms. The summed E-state index contributed by atoms with van der Waals surface area (Å²) in [7, 11) is -8.94. The molecule has 0 saturated carbocycles. The van der Waals surface area contributed by atoms with Gasteiger partial charge in [-0.05, 0) is 56.1 Å². The Hall–Kier alpha value is -0.740. The summed E-state index contributed by atoms with van der Waals surface area (Å²) in [6.45, 7) is 0. The van der Waals surface area contributed by atoms with Crippen LogP contribution in [0.15, 0.2) is 67.3 Å². The van der Waals surface area contributed by atoms with E-state index in [0.717, 1.165) is 0 Å². The van der Waals surface area contributed by atoms with Crippen molar-refractivity contribution >= 4 is 52.1 Å². The van der Waals surface area contributed by atoms with Crippen molar-refractivity contribution in [2.24, 2.45) is 0 Å². The maximum Gasteiger partial charge on any atom is 0.312 e. The third-order valence-corrected chi connectivity index (χ3v) is 7.52. The van der Waals surface area contributed by atoms with Gasteiger partial charge in [0, 0.05) is 8.95 Å². The molecule has 0 atom stereocenters. The number of halogens is 2. The Morgan fingerprint density at radius 1 is 0.667 bits per heavy atom. The van der Waals surface area contributed by atoms with Gasteiger partial charge in [-0.25, -0.2) is 0 Å². The fourth-order valence-corrected chi connectivity index (χ4v) is 5.88. The molecule has 0 unspecified atom stereocenters. The van der Waals surface area contributed by atoms with Gasteiger partial charge in [-0.2, -0.15) is 16.8 Å². The van der Waals surface area contributed by atoms with Crippen molar-refractivity contribution in [3.8, 4) is 0 Å². The summed E-state index contributed by atoms with van der Waals surface area (Å²) in [6, 6.07) is 11.6. The largest absolute Gasteiger partial charge is 0.312 e. The second kappa shape index (κ2) is 6.17. The molecule has 0 amide bonds. The quantitative estimate of drug-likeness (QED) is 0.706. The van der Waals surface area contributed by atoms with Crippen LogP contribution in [-0.4, -0.2) is 16.8 Å². The van der Waals surface area contributed by atoms with Crippen LogP contribution in [0, 0.1) is 0 Å². The Bertz CT molecular complexity index is 803. The highest BCUT2D eigenvalue weighted by molar-refractivity contribution is 9.10. The van der Waals surface area contributed by atoms with Crippen molar-refractivity contribution in [2.75, 3.05) is 0 Å².